The molecule has 4 rings (SSSR count). The SMILES string of the molecule is O=C(Nc1ccc(SC(F)(F)F)cc1)N1CCN(c2ccc(Nc3ccccn3)nn2)CC1. The number of nitrogens with one attached hydrogen (secondary N) is 2. The van der Waals surface area contributed by atoms with Gasteiger partial charge in [-0.25, -0.2) is 9.78 Å². The van der Waals surface area contributed by atoms with Crippen LogP contribution in [0.2, 0.25) is 0 Å². The fraction of sp³-hybridized carbons (Fsp3) is 0.238. The molecular weight excluding hydrogens is 455 g/mol. The third-order valence-electron chi connectivity index (χ3n) is 4.80. The minimum atomic E-state index is -4.34. The molecule has 0 aliphatic carbocycles. The van der Waals surface area contributed by atoms with Gasteiger partial charge in [-0.05, 0) is 60.3 Å². The molecule has 1 aliphatic heterocycles. The quantitative estimate of drug-likeness (QED) is 0.523. The molecular formula is C21H20F3N7OS. The van der Waals surface area contributed by atoms with E-state index in [0.717, 1.165) is 0 Å². The number of nitrogens with zero attached hydrogens (tertiary/aromatic N) is 5. The minimum Gasteiger partial charge on any atom is -0.352 e. The molecule has 0 atom stereocenters. The zero-order valence-electron chi connectivity index (χ0n) is 17.3. The number of piperazine rings is 1. The van der Waals surface area contributed by atoms with Crippen molar-refractivity contribution in [3.63, 3.8) is 0 Å². The second-order valence-corrected chi connectivity index (χ2v) is 8.23. The molecule has 2 amide bonds. The maximum atomic E-state index is 12.5. The van der Waals surface area contributed by atoms with Gasteiger partial charge in [0.1, 0.15) is 5.82 Å². The van der Waals surface area contributed by atoms with Gasteiger partial charge in [0.15, 0.2) is 11.6 Å². The third kappa shape index (κ3) is 6.48. The Labute approximate surface area is 192 Å². The first-order valence-electron chi connectivity index (χ1n) is 10.0. The first-order valence-corrected chi connectivity index (χ1v) is 10.9. The van der Waals surface area contributed by atoms with Crippen LogP contribution in [0.15, 0.2) is 65.7 Å². The lowest BCUT2D eigenvalue weighted by Crippen LogP contribution is -2.50. The first-order chi connectivity index (χ1) is 15.9. The van der Waals surface area contributed by atoms with Crippen molar-refractivity contribution in [1.82, 2.24) is 20.1 Å². The molecule has 2 aromatic heterocycles. The topological polar surface area (TPSA) is 86.3 Å². The molecule has 3 heterocycles. The Morgan fingerprint density at radius 2 is 1.67 bits per heavy atom. The highest BCUT2D eigenvalue weighted by atomic mass is 32.2. The van der Waals surface area contributed by atoms with Crippen LogP contribution in [0.5, 0.6) is 0 Å². The number of aromatic nitrogens is 3. The average Bonchev–Trinajstić information content (AvgIpc) is 2.81. The van der Waals surface area contributed by atoms with Gasteiger partial charge in [0.25, 0.3) is 0 Å². The third-order valence-corrected chi connectivity index (χ3v) is 5.54. The molecule has 1 fully saturated rings. The summed E-state index contributed by atoms with van der Waals surface area (Å²) in [6.45, 7) is 2.11. The predicted octanol–water partition coefficient (Wildman–Crippen LogP) is 4.58. The highest BCUT2D eigenvalue weighted by Crippen LogP contribution is 2.37. The Morgan fingerprint density at radius 1 is 0.909 bits per heavy atom. The van der Waals surface area contributed by atoms with Gasteiger partial charge in [-0.15, -0.1) is 10.2 Å². The number of benzene rings is 1. The molecule has 8 nitrogen and oxygen atoms in total. The molecule has 0 radical (unpaired) electrons. The van der Waals surface area contributed by atoms with Gasteiger partial charge in [0.05, 0.1) is 0 Å². The number of hydrogen-bond acceptors (Lipinski definition) is 7. The largest absolute Gasteiger partial charge is 0.446 e. The maximum absolute atomic E-state index is 12.5. The monoisotopic (exact) mass is 475 g/mol. The second-order valence-electron chi connectivity index (χ2n) is 7.09. The van der Waals surface area contributed by atoms with E-state index in [4.69, 9.17) is 0 Å². The molecule has 0 bridgehead atoms. The van der Waals surface area contributed by atoms with Gasteiger partial charge in [-0.2, -0.15) is 13.2 Å². The van der Waals surface area contributed by atoms with Crippen LogP contribution in [0.1, 0.15) is 0 Å². The molecule has 0 unspecified atom stereocenters. The van der Waals surface area contributed by atoms with Gasteiger partial charge >= 0.3 is 11.5 Å². The molecule has 0 saturated carbocycles. The van der Waals surface area contributed by atoms with Crippen LogP contribution >= 0.6 is 11.8 Å². The maximum Gasteiger partial charge on any atom is 0.446 e. The lowest BCUT2D eigenvalue weighted by atomic mass is 10.3. The lowest BCUT2D eigenvalue weighted by molar-refractivity contribution is -0.0328. The molecule has 172 valence electrons. The summed E-state index contributed by atoms with van der Waals surface area (Å²) in [4.78, 5) is 20.4. The van der Waals surface area contributed by atoms with E-state index in [9.17, 15) is 18.0 Å². The Kier molecular flexibility index (Phi) is 6.82. The number of carbonyl (C=O) groups excluding carboxylic acids is 1. The molecule has 3 aromatic rings. The fourth-order valence-corrected chi connectivity index (χ4v) is 3.75. The standard InChI is InChI=1S/C21H20F3N7OS/c22-21(23,24)33-16-6-4-15(5-7-16)26-20(32)31-13-11-30(12-14-31)19-9-8-18(28-29-19)27-17-3-1-2-10-25-17/h1-10H,11-14H2,(H,26,32)(H,25,27,28). The Morgan fingerprint density at radius 3 is 2.27 bits per heavy atom. The van der Waals surface area contributed by atoms with E-state index in [1.54, 1.807) is 11.1 Å². The van der Waals surface area contributed by atoms with E-state index in [1.165, 1.54) is 24.3 Å². The van der Waals surface area contributed by atoms with Crippen LogP contribution in [-0.2, 0) is 0 Å². The summed E-state index contributed by atoms with van der Waals surface area (Å²) in [5, 5.41) is 14.2. The summed E-state index contributed by atoms with van der Waals surface area (Å²) < 4.78 is 37.3. The van der Waals surface area contributed by atoms with Crippen LogP contribution in [0.4, 0.5) is 41.1 Å². The zero-order chi connectivity index (χ0) is 23.3. The van der Waals surface area contributed by atoms with Crippen molar-refractivity contribution in [2.75, 3.05) is 41.7 Å². The van der Waals surface area contributed by atoms with Crippen molar-refractivity contribution in [1.29, 1.82) is 0 Å². The summed E-state index contributed by atoms with van der Waals surface area (Å²) in [5.41, 5.74) is -3.90. The van der Waals surface area contributed by atoms with Gasteiger partial charge in [0.2, 0.25) is 0 Å². The van der Waals surface area contributed by atoms with Crippen LogP contribution in [0.3, 0.4) is 0 Å². The van der Waals surface area contributed by atoms with Crippen LogP contribution in [-0.4, -0.2) is 57.8 Å². The number of urea groups is 1. The van der Waals surface area contributed by atoms with Gasteiger partial charge < -0.3 is 20.4 Å². The number of pyridine rings is 1. The fourth-order valence-electron chi connectivity index (χ4n) is 3.21. The molecule has 2 N–H and O–H groups in total. The number of amides is 2. The second kappa shape index (κ2) is 9.94. The summed E-state index contributed by atoms with van der Waals surface area (Å²) in [6, 6.07) is 14.5. The number of anilines is 4. The van der Waals surface area contributed by atoms with E-state index >= 15 is 0 Å². The van der Waals surface area contributed by atoms with Crippen LogP contribution in [0.25, 0.3) is 0 Å². The number of hydrogen-bond donors (Lipinski definition) is 2. The highest BCUT2D eigenvalue weighted by Gasteiger charge is 2.29. The Hall–Kier alpha value is -3.54. The van der Waals surface area contributed by atoms with E-state index in [1.807, 2.05) is 35.2 Å². The number of alkyl halides is 3. The summed E-state index contributed by atoms with van der Waals surface area (Å²) >= 11 is -0.191. The van der Waals surface area contributed by atoms with Crippen molar-refractivity contribution < 1.29 is 18.0 Å². The number of rotatable bonds is 5. The van der Waals surface area contributed by atoms with Crippen molar-refractivity contribution in [3.8, 4) is 0 Å². The molecule has 12 heteroatoms. The van der Waals surface area contributed by atoms with Crippen molar-refractivity contribution >= 4 is 40.9 Å². The van der Waals surface area contributed by atoms with Gasteiger partial charge in [0, 0.05) is 43.0 Å². The number of thioether (sulfide) groups is 1. The van der Waals surface area contributed by atoms with Crippen LogP contribution < -0.4 is 15.5 Å². The molecule has 33 heavy (non-hydrogen) atoms. The summed E-state index contributed by atoms with van der Waals surface area (Å²) in [7, 11) is 0. The molecule has 1 aromatic carbocycles. The van der Waals surface area contributed by atoms with E-state index in [0.29, 0.717) is 49.3 Å². The highest BCUT2D eigenvalue weighted by molar-refractivity contribution is 8.00. The minimum absolute atomic E-state index is 0.0662. The summed E-state index contributed by atoms with van der Waals surface area (Å²) in [6.07, 6.45) is 1.68. The molecule has 1 aliphatic rings. The van der Waals surface area contributed by atoms with Crippen LogP contribution in [0, 0.1) is 0 Å². The van der Waals surface area contributed by atoms with Crippen molar-refractivity contribution in [2.24, 2.45) is 0 Å². The van der Waals surface area contributed by atoms with Gasteiger partial charge in [-0.3, -0.25) is 0 Å². The van der Waals surface area contributed by atoms with Crippen molar-refractivity contribution in [2.45, 2.75) is 10.4 Å². The normalized spacial score (nSPS) is 14.2. The first kappa shape index (κ1) is 22.6. The smallest absolute Gasteiger partial charge is 0.352 e. The number of halogens is 3. The average molecular weight is 476 g/mol. The summed E-state index contributed by atoms with van der Waals surface area (Å²) in [5.74, 6) is 1.96. The Balaban J connectivity index is 1.26. The zero-order valence-corrected chi connectivity index (χ0v) is 18.1. The molecule has 0 spiro atoms. The van der Waals surface area contributed by atoms with Crippen molar-refractivity contribution in [3.05, 3.63) is 60.8 Å². The lowest BCUT2D eigenvalue weighted by Gasteiger charge is -2.35. The van der Waals surface area contributed by atoms with E-state index in [-0.39, 0.29) is 22.7 Å². The van der Waals surface area contributed by atoms with Gasteiger partial charge in [-0.1, -0.05) is 6.07 Å². The molecule has 1 saturated heterocycles. The Bertz CT molecular complexity index is 1060. The van der Waals surface area contributed by atoms with E-state index in [2.05, 4.69) is 25.8 Å². The van der Waals surface area contributed by atoms with E-state index < -0.39 is 5.51 Å². The predicted molar refractivity (Wildman–Crippen MR) is 121 cm³/mol. The number of carbonyl (C=O) groups is 1.